The van der Waals surface area contributed by atoms with Gasteiger partial charge in [-0.2, -0.15) is 5.26 Å². The Hall–Kier alpha value is -1.56. The van der Waals surface area contributed by atoms with Gasteiger partial charge in [0, 0.05) is 6.04 Å². The molecule has 0 spiro atoms. The fourth-order valence-corrected chi connectivity index (χ4v) is 1.11. The second-order valence-corrected chi connectivity index (χ2v) is 3.39. The first-order valence-corrected chi connectivity index (χ1v) is 4.81. The van der Waals surface area contributed by atoms with Crippen molar-refractivity contribution < 1.29 is 0 Å². The average molecular weight is 189 g/mol. The van der Waals surface area contributed by atoms with Gasteiger partial charge in [-0.05, 0) is 32.4 Å². The standard InChI is InChI=1S/C11H15N3/c1-4-8(2)13-11-6-5-10(7-12)9(3)14-11/h5-6,8H,4H2,1-3H3,(H,13,14). The molecule has 0 aliphatic heterocycles. The summed E-state index contributed by atoms with van der Waals surface area (Å²) in [6.07, 6.45) is 1.06. The molecule has 0 radical (unpaired) electrons. The normalized spacial score (nSPS) is 11.9. The summed E-state index contributed by atoms with van der Waals surface area (Å²) in [5, 5.41) is 12.0. The van der Waals surface area contributed by atoms with E-state index in [4.69, 9.17) is 5.26 Å². The number of nitrogens with one attached hydrogen (secondary N) is 1. The van der Waals surface area contributed by atoms with Gasteiger partial charge in [0.15, 0.2) is 0 Å². The third kappa shape index (κ3) is 2.46. The zero-order valence-corrected chi connectivity index (χ0v) is 8.83. The number of rotatable bonds is 3. The van der Waals surface area contributed by atoms with Gasteiger partial charge < -0.3 is 5.32 Å². The summed E-state index contributed by atoms with van der Waals surface area (Å²) >= 11 is 0. The summed E-state index contributed by atoms with van der Waals surface area (Å²) in [6.45, 7) is 6.07. The van der Waals surface area contributed by atoms with Crippen LogP contribution in [0.4, 0.5) is 5.82 Å². The van der Waals surface area contributed by atoms with Crippen molar-refractivity contribution >= 4 is 5.82 Å². The van der Waals surface area contributed by atoms with Gasteiger partial charge in [-0.1, -0.05) is 6.92 Å². The number of aromatic nitrogens is 1. The maximum Gasteiger partial charge on any atom is 0.126 e. The number of nitrogens with zero attached hydrogens (tertiary/aromatic N) is 2. The van der Waals surface area contributed by atoms with E-state index in [9.17, 15) is 0 Å². The monoisotopic (exact) mass is 189 g/mol. The molecule has 0 saturated heterocycles. The van der Waals surface area contributed by atoms with Crippen molar-refractivity contribution in [2.75, 3.05) is 5.32 Å². The van der Waals surface area contributed by atoms with Crippen LogP contribution in [0.3, 0.4) is 0 Å². The van der Waals surface area contributed by atoms with Crippen LogP contribution in [0.5, 0.6) is 0 Å². The Kier molecular flexibility index (Phi) is 3.47. The molecule has 0 bridgehead atoms. The Morgan fingerprint density at radius 1 is 1.57 bits per heavy atom. The van der Waals surface area contributed by atoms with Gasteiger partial charge in [-0.3, -0.25) is 0 Å². The van der Waals surface area contributed by atoms with E-state index in [-0.39, 0.29) is 0 Å². The number of hydrogen-bond donors (Lipinski definition) is 1. The number of hydrogen-bond acceptors (Lipinski definition) is 3. The Morgan fingerprint density at radius 3 is 2.79 bits per heavy atom. The van der Waals surface area contributed by atoms with E-state index in [0.717, 1.165) is 17.9 Å². The minimum atomic E-state index is 0.412. The van der Waals surface area contributed by atoms with Crippen LogP contribution in [0.15, 0.2) is 12.1 Å². The van der Waals surface area contributed by atoms with Gasteiger partial charge in [0.05, 0.1) is 11.3 Å². The van der Waals surface area contributed by atoms with E-state index < -0.39 is 0 Å². The van der Waals surface area contributed by atoms with Crippen LogP contribution in [0.2, 0.25) is 0 Å². The van der Waals surface area contributed by atoms with Gasteiger partial charge >= 0.3 is 0 Å². The summed E-state index contributed by atoms with van der Waals surface area (Å²) in [5.74, 6) is 0.843. The highest BCUT2D eigenvalue weighted by atomic mass is 15.0. The minimum absolute atomic E-state index is 0.412. The Morgan fingerprint density at radius 2 is 2.29 bits per heavy atom. The van der Waals surface area contributed by atoms with E-state index in [1.807, 2.05) is 13.0 Å². The van der Waals surface area contributed by atoms with Crippen LogP contribution in [-0.2, 0) is 0 Å². The predicted molar refractivity (Wildman–Crippen MR) is 57.1 cm³/mol. The summed E-state index contributed by atoms with van der Waals surface area (Å²) in [5.41, 5.74) is 1.42. The molecule has 1 aromatic rings. The third-order valence-electron chi connectivity index (χ3n) is 2.21. The second-order valence-electron chi connectivity index (χ2n) is 3.39. The Bertz CT molecular complexity index is 352. The molecule has 0 aliphatic carbocycles. The molecule has 1 heterocycles. The topological polar surface area (TPSA) is 48.7 Å². The van der Waals surface area contributed by atoms with Crippen molar-refractivity contribution in [3.05, 3.63) is 23.4 Å². The predicted octanol–water partition coefficient (Wildman–Crippen LogP) is 2.47. The second kappa shape index (κ2) is 4.61. The first-order chi connectivity index (χ1) is 6.67. The van der Waals surface area contributed by atoms with Crippen LogP contribution in [0, 0.1) is 18.3 Å². The molecule has 3 heteroatoms. The maximum atomic E-state index is 8.73. The fraction of sp³-hybridized carbons (Fsp3) is 0.455. The lowest BCUT2D eigenvalue weighted by Gasteiger charge is -2.12. The fourth-order valence-electron chi connectivity index (χ4n) is 1.11. The van der Waals surface area contributed by atoms with E-state index >= 15 is 0 Å². The molecular formula is C11H15N3. The molecule has 0 saturated carbocycles. The largest absolute Gasteiger partial charge is 0.368 e. The first-order valence-electron chi connectivity index (χ1n) is 4.81. The summed E-state index contributed by atoms with van der Waals surface area (Å²) in [7, 11) is 0. The van der Waals surface area contributed by atoms with E-state index in [0.29, 0.717) is 11.6 Å². The Labute approximate surface area is 84.8 Å². The molecule has 0 fully saturated rings. The van der Waals surface area contributed by atoms with Crippen LogP contribution < -0.4 is 5.32 Å². The highest BCUT2D eigenvalue weighted by Gasteiger charge is 2.02. The summed E-state index contributed by atoms with van der Waals surface area (Å²) in [4.78, 5) is 4.30. The van der Waals surface area contributed by atoms with Crippen molar-refractivity contribution in [1.82, 2.24) is 4.98 Å². The molecule has 14 heavy (non-hydrogen) atoms. The van der Waals surface area contributed by atoms with Crippen LogP contribution >= 0.6 is 0 Å². The third-order valence-corrected chi connectivity index (χ3v) is 2.21. The average Bonchev–Trinajstić information content (AvgIpc) is 2.18. The lowest BCUT2D eigenvalue weighted by molar-refractivity contribution is 0.758. The van der Waals surface area contributed by atoms with E-state index in [1.165, 1.54) is 0 Å². The number of nitriles is 1. The van der Waals surface area contributed by atoms with Gasteiger partial charge in [0.25, 0.3) is 0 Å². The lowest BCUT2D eigenvalue weighted by atomic mass is 10.2. The molecule has 1 unspecified atom stereocenters. The number of anilines is 1. The van der Waals surface area contributed by atoms with Gasteiger partial charge in [0.1, 0.15) is 11.9 Å². The highest BCUT2D eigenvalue weighted by molar-refractivity contribution is 5.43. The van der Waals surface area contributed by atoms with Crippen LogP contribution in [0.1, 0.15) is 31.5 Å². The highest BCUT2D eigenvalue weighted by Crippen LogP contribution is 2.10. The van der Waals surface area contributed by atoms with Crippen LogP contribution in [0.25, 0.3) is 0 Å². The maximum absolute atomic E-state index is 8.73. The zero-order chi connectivity index (χ0) is 10.6. The summed E-state index contributed by atoms with van der Waals surface area (Å²) in [6, 6.07) is 6.15. The van der Waals surface area contributed by atoms with Crippen molar-refractivity contribution in [2.24, 2.45) is 0 Å². The first kappa shape index (κ1) is 10.5. The molecule has 1 atom stereocenters. The molecule has 0 aromatic carbocycles. The van der Waals surface area contributed by atoms with Crippen molar-refractivity contribution in [2.45, 2.75) is 33.2 Å². The van der Waals surface area contributed by atoms with Crippen molar-refractivity contribution in [3.8, 4) is 6.07 Å². The molecular weight excluding hydrogens is 174 g/mol. The van der Waals surface area contributed by atoms with Crippen molar-refractivity contribution in [3.63, 3.8) is 0 Å². The quantitative estimate of drug-likeness (QED) is 0.794. The number of pyridine rings is 1. The van der Waals surface area contributed by atoms with Crippen molar-refractivity contribution in [1.29, 1.82) is 5.26 Å². The summed E-state index contributed by atoms with van der Waals surface area (Å²) < 4.78 is 0. The van der Waals surface area contributed by atoms with Gasteiger partial charge in [-0.25, -0.2) is 4.98 Å². The zero-order valence-electron chi connectivity index (χ0n) is 8.83. The number of aryl methyl sites for hydroxylation is 1. The SMILES string of the molecule is CCC(C)Nc1ccc(C#N)c(C)n1. The van der Waals surface area contributed by atoms with Crippen LogP contribution in [-0.4, -0.2) is 11.0 Å². The Balaban J connectivity index is 2.82. The molecule has 74 valence electrons. The molecule has 0 aliphatic rings. The smallest absolute Gasteiger partial charge is 0.126 e. The molecule has 3 nitrogen and oxygen atoms in total. The molecule has 1 rings (SSSR count). The minimum Gasteiger partial charge on any atom is -0.368 e. The van der Waals surface area contributed by atoms with E-state index in [1.54, 1.807) is 6.07 Å². The lowest BCUT2D eigenvalue weighted by Crippen LogP contribution is -2.14. The molecule has 1 N–H and O–H groups in total. The van der Waals surface area contributed by atoms with Gasteiger partial charge in [0.2, 0.25) is 0 Å². The molecule has 1 aromatic heterocycles. The van der Waals surface area contributed by atoms with Gasteiger partial charge in [-0.15, -0.1) is 0 Å². The molecule has 0 amide bonds. The van der Waals surface area contributed by atoms with E-state index in [2.05, 4.69) is 30.2 Å².